The van der Waals surface area contributed by atoms with Gasteiger partial charge in [-0.3, -0.25) is 0 Å². The third-order valence-corrected chi connectivity index (χ3v) is 2.57. The van der Waals surface area contributed by atoms with E-state index in [-0.39, 0.29) is 0 Å². The molecule has 0 fully saturated rings. The number of methoxy groups -OCH3 is 1. The van der Waals surface area contributed by atoms with Crippen LogP contribution in [0.15, 0.2) is 30.3 Å². The Morgan fingerprint density at radius 3 is 2.31 bits per heavy atom. The minimum Gasteiger partial charge on any atom is -0.468 e. The van der Waals surface area contributed by atoms with Crippen LogP contribution in [0.5, 0.6) is 0 Å². The van der Waals surface area contributed by atoms with E-state index in [1.54, 1.807) is 30.3 Å². The van der Waals surface area contributed by atoms with Crippen LogP contribution in [-0.4, -0.2) is 27.8 Å². The van der Waals surface area contributed by atoms with Crippen molar-refractivity contribution in [3.05, 3.63) is 35.9 Å². The molecule has 16 heavy (non-hydrogen) atoms. The van der Waals surface area contributed by atoms with Crippen molar-refractivity contribution >= 4 is 16.0 Å². The number of sulfonamides is 1. The van der Waals surface area contributed by atoms with E-state index in [2.05, 4.69) is 9.46 Å². The zero-order valence-corrected chi connectivity index (χ0v) is 9.82. The fourth-order valence-electron chi connectivity index (χ4n) is 1.23. The Kier molecular flexibility index (Phi) is 4.03. The molecular weight excluding hydrogens is 230 g/mol. The van der Waals surface area contributed by atoms with E-state index < -0.39 is 22.0 Å². The van der Waals surface area contributed by atoms with Crippen LogP contribution >= 0.6 is 0 Å². The van der Waals surface area contributed by atoms with E-state index in [0.717, 1.165) is 6.26 Å². The van der Waals surface area contributed by atoms with Gasteiger partial charge < -0.3 is 4.74 Å². The number of nitrogens with one attached hydrogen (secondary N) is 1. The van der Waals surface area contributed by atoms with Crippen LogP contribution in [0.2, 0.25) is 0 Å². The van der Waals surface area contributed by atoms with Gasteiger partial charge in [0.1, 0.15) is 6.04 Å². The molecule has 1 aromatic carbocycles. The highest BCUT2D eigenvalue weighted by molar-refractivity contribution is 7.88. The highest BCUT2D eigenvalue weighted by atomic mass is 32.2. The minimum atomic E-state index is -3.48. The number of rotatable bonds is 4. The number of benzene rings is 1. The van der Waals surface area contributed by atoms with Crippen LogP contribution < -0.4 is 4.72 Å². The van der Waals surface area contributed by atoms with E-state index >= 15 is 0 Å². The number of carbonyl (C=O) groups excluding carboxylic acids is 1. The van der Waals surface area contributed by atoms with Crippen LogP contribution in [0.25, 0.3) is 0 Å². The van der Waals surface area contributed by atoms with Gasteiger partial charge in [0.2, 0.25) is 10.0 Å². The standard InChI is InChI=1S/C10H13NO4S/c1-15-10(12)9(11-16(2,13)14)8-6-4-3-5-7-8/h3-7,9,11H,1-2H3/t9-/m1/s1. The van der Waals surface area contributed by atoms with Crippen LogP contribution in [0.3, 0.4) is 0 Å². The summed E-state index contributed by atoms with van der Waals surface area (Å²) in [4.78, 5) is 11.4. The van der Waals surface area contributed by atoms with Gasteiger partial charge in [-0.1, -0.05) is 30.3 Å². The Labute approximate surface area is 94.5 Å². The third-order valence-electron chi connectivity index (χ3n) is 1.90. The molecule has 0 saturated carbocycles. The third kappa shape index (κ3) is 3.63. The van der Waals surface area contributed by atoms with Gasteiger partial charge in [0.15, 0.2) is 0 Å². The molecule has 5 nitrogen and oxygen atoms in total. The summed E-state index contributed by atoms with van der Waals surface area (Å²) >= 11 is 0. The lowest BCUT2D eigenvalue weighted by Crippen LogP contribution is -2.33. The highest BCUT2D eigenvalue weighted by Gasteiger charge is 2.24. The maximum absolute atomic E-state index is 11.4. The molecule has 0 aliphatic carbocycles. The summed E-state index contributed by atoms with van der Waals surface area (Å²) in [6, 6.07) is 7.52. The SMILES string of the molecule is COC(=O)[C@H](NS(C)(=O)=O)c1ccccc1. The summed E-state index contributed by atoms with van der Waals surface area (Å²) in [6.45, 7) is 0. The predicted octanol–water partition coefficient (Wildman–Crippen LogP) is 0.450. The summed E-state index contributed by atoms with van der Waals surface area (Å²) in [5.41, 5.74) is 0.541. The second kappa shape index (κ2) is 5.09. The van der Waals surface area contributed by atoms with Crippen molar-refractivity contribution in [2.45, 2.75) is 6.04 Å². The van der Waals surface area contributed by atoms with E-state index in [9.17, 15) is 13.2 Å². The summed E-state index contributed by atoms with van der Waals surface area (Å²) in [6.07, 6.45) is 0.992. The molecule has 0 heterocycles. The van der Waals surface area contributed by atoms with Gasteiger partial charge >= 0.3 is 5.97 Å². The predicted molar refractivity (Wildman–Crippen MR) is 59.2 cm³/mol. The van der Waals surface area contributed by atoms with Crippen LogP contribution in [0.4, 0.5) is 0 Å². The lowest BCUT2D eigenvalue weighted by Gasteiger charge is -2.15. The van der Waals surface area contributed by atoms with Crippen molar-refractivity contribution < 1.29 is 17.9 Å². The summed E-state index contributed by atoms with van der Waals surface area (Å²) in [5.74, 6) is -0.642. The van der Waals surface area contributed by atoms with Crippen molar-refractivity contribution in [2.24, 2.45) is 0 Å². The van der Waals surface area contributed by atoms with Crippen LogP contribution in [0, 0.1) is 0 Å². The summed E-state index contributed by atoms with van der Waals surface area (Å²) in [5, 5.41) is 0. The summed E-state index contributed by atoms with van der Waals surface area (Å²) < 4.78 is 29.0. The number of hydrogen-bond acceptors (Lipinski definition) is 4. The van der Waals surface area contributed by atoms with Crippen molar-refractivity contribution in [3.63, 3.8) is 0 Å². The highest BCUT2D eigenvalue weighted by Crippen LogP contribution is 2.14. The molecule has 1 atom stereocenters. The molecule has 0 radical (unpaired) electrons. The topological polar surface area (TPSA) is 72.5 Å². The molecule has 0 aliphatic heterocycles. The summed E-state index contributed by atoms with van der Waals surface area (Å²) in [7, 11) is -2.27. The minimum absolute atomic E-state index is 0.541. The first-order valence-electron chi connectivity index (χ1n) is 4.54. The molecule has 6 heteroatoms. The second-order valence-corrected chi connectivity index (χ2v) is 5.04. The molecular formula is C10H13NO4S. The lowest BCUT2D eigenvalue weighted by molar-refractivity contribution is -0.142. The normalized spacial score (nSPS) is 13.1. The maximum atomic E-state index is 11.4. The van der Waals surface area contributed by atoms with Gasteiger partial charge in [-0.05, 0) is 5.56 Å². The maximum Gasteiger partial charge on any atom is 0.328 e. The van der Waals surface area contributed by atoms with E-state index in [4.69, 9.17) is 0 Å². The first-order valence-corrected chi connectivity index (χ1v) is 6.43. The monoisotopic (exact) mass is 243 g/mol. The largest absolute Gasteiger partial charge is 0.468 e. The molecule has 0 saturated heterocycles. The van der Waals surface area contributed by atoms with Gasteiger partial charge in [-0.2, -0.15) is 4.72 Å². The van der Waals surface area contributed by atoms with Crippen molar-refractivity contribution in [1.29, 1.82) is 0 Å². The molecule has 1 aromatic rings. The zero-order chi connectivity index (χ0) is 12.2. The van der Waals surface area contributed by atoms with Gasteiger partial charge in [-0.25, -0.2) is 13.2 Å². The average Bonchev–Trinajstić information content (AvgIpc) is 2.25. The molecule has 0 bridgehead atoms. The molecule has 0 unspecified atom stereocenters. The quantitative estimate of drug-likeness (QED) is 0.779. The second-order valence-electron chi connectivity index (χ2n) is 3.26. The zero-order valence-electron chi connectivity index (χ0n) is 9.01. The molecule has 0 aromatic heterocycles. The van der Waals surface area contributed by atoms with E-state index in [0.29, 0.717) is 5.56 Å². The lowest BCUT2D eigenvalue weighted by atomic mass is 10.1. The molecule has 0 amide bonds. The Bertz CT molecular complexity index is 455. The first-order chi connectivity index (χ1) is 7.44. The number of ether oxygens (including phenoxy) is 1. The van der Waals surface area contributed by atoms with Gasteiger partial charge in [-0.15, -0.1) is 0 Å². The van der Waals surface area contributed by atoms with Crippen LogP contribution in [-0.2, 0) is 19.6 Å². The number of hydrogen-bond donors (Lipinski definition) is 1. The first kappa shape index (κ1) is 12.7. The molecule has 88 valence electrons. The Morgan fingerprint density at radius 2 is 1.88 bits per heavy atom. The molecule has 1 rings (SSSR count). The van der Waals surface area contributed by atoms with Crippen molar-refractivity contribution in [2.75, 3.05) is 13.4 Å². The average molecular weight is 243 g/mol. The van der Waals surface area contributed by atoms with Gasteiger partial charge in [0.05, 0.1) is 13.4 Å². The van der Waals surface area contributed by atoms with E-state index in [1.165, 1.54) is 7.11 Å². The van der Waals surface area contributed by atoms with Crippen LogP contribution in [0.1, 0.15) is 11.6 Å². The van der Waals surface area contributed by atoms with Gasteiger partial charge in [0, 0.05) is 0 Å². The molecule has 1 N–H and O–H groups in total. The van der Waals surface area contributed by atoms with Crippen molar-refractivity contribution in [1.82, 2.24) is 4.72 Å². The fourth-order valence-corrected chi connectivity index (χ4v) is 1.89. The Balaban J connectivity index is 3.02. The van der Waals surface area contributed by atoms with E-state index in [1.807, 2.05) is 0 Å². The Hall–Kier alpha value is -1.40. The Morgan fingerprint density at radius 1 is 1.31 bits per heavy atom. The smallest absolute Gasteiger partial charge is 0.328 e. The number of carbonyl (C=O) groups is 1. The fraction of sp³-hybridized carbons (Fsp3) is 0.300. The molecule has 0 aliphatic rings. The van der Waals surface area contributed by atoms with Gasteiger partial charge in [0.25, 0.3) is 0 Å². The number of esters is 1. The molecule has 0 spiro atoms. The van der Waals surface area contributed by atoms with Crippen molar-refractivity contribution in [3.8, 4) is 0 Å².